The highest BCUT2D eigenvalue weighted by atomic mass is 35.5. The van der Waals surface area contributed by atoms with Crippen LogP contribution in [-0.4, -0.2) is 32.4 Å². The van der Waals surface area contributed by atoms with Gasteiger partial charge in [0, 0.05) is 29.4 Å². The maximum Gasteiger partial charge on any atom is 0.261 e. The van der Waals surface area contributed by atoms with Crippen LogP contribution in [0.1, 0.15) is 33.2 Å². The maximum absolute atomic E-state index is 12.6. The van der Waals surface area contributed by atoms with Gasteiger partial charge in [-0.05, 0) is 36.8 Å². The Hall–Kier alpha value is -3.65. The molecule has 0 aliphatic rings. The molecule has 3 rings (SSSR count). The third-order valence-corrected chi connectivity index (χ3v) is 4.44. The molecule has 0 bridgehead atoms. The van der Waals surface area contributed by atoms with Crippen molar-refractivity contribution in [1.82, 2.24) is 9.78 Å². The molecule has 0 unspecified atom stereocenters. The average Bonchev–Trinajstić information content (AvgIpc) is 3.04. The van der Waals surface area contributed by atoms with E-state index in [9.17, 15) is 14.7 Å². The van der Waals surface area contributed by atoms with Crippen LogP contribution in [0, 0.1) is 5.41 Å². The van der Waals surface area contributed by atoms with Crippen molar-refractivity contribution in [1.29, 1.82) is 5.41 Å². The SMILES string of the molecule is CC(=N)c1ccc(C(=O)Nc2c(C(=O)Nc3ccc(Cl)cc3O)cnn2C)cc1. The van der Waals surface area contributed by atoms with Gasteiger partial charge in [0.15, 0.2) is 0 Å². The van der Waals surface area contributed by atoms with Crippen molar-refractivity contribution in [3.63, 3.8) is 0 Å². The van der Waals surface area contributed by atoms with Crippen molar-refractivity contribution in [2.45, 2.75) is 6.92 Å². The molecule has 29 heavy (non-hydrogen) atoms. The fourth-order valence-corrected chi connectivity index (χ4v) is 2.77. The molecule has 3 aromatic rings. The van der Waals surface area contributed by atoms with E-state index in [1.165, 1.54) is 29.1 Å². The largest absolute Gasteiger partial charge is 0.506 e. The maximum atomic E-state index is 12.6. The van der Waals surface area contributed by atoms with Crippen molar-refractivity contribution in [3.8, 4) is 5.75 Å². The Labute approximate surface area is 171 Å². The topological polar surface area (TPSA) is 120 Å². The van der Waals surface area contributed by atoms with Gasteiger partial charge in [-0.1, -0.05) is 23.7 Å². The van der Waals surface area contributed by atoms with E-state index >= 15 is 0 Å². The summed E-state index contributed by atoms with van der Waals surface area (Å²) in [5, 5.41) is 27.1. The highest BCUT2D eigenvalue weighted by molar-refractivity contribution is 6.30. The number of phenolic OH excluding ortho intramolecular Hbond substituents is 1. The number of halogens is 1. The summed E-state index contributed by atoms with van der Waals surface area (Å²) in [5.41, 5.74) is 1.79. The summed E-state index contributed by atoms with van der Waals surface area (Å²) < 4.78 is 1.37. The van der Waals surface area contributed by atoms with E-state index in [1.807, 2.05) is 0 Å². The molecule has 1 aromatic heterocycles. The van der Waals surface area contributed by atoms with Gasteiger partial charge >= 0.3 is 0 Å². The number of hydrogen-bond acceptors (Lipinski definition) is 5. The number of benzene rings is 2. The summed E-state index contributed by atoms with van der Waals surface area (Å²) in [6.45, 7) is 1.66. The minimum Gasteiger partial charge on any atom is -0.506 e. The number of rotatable bonds is 5. The third-order valence-electron chi connectivity index (χ3n) is 4.20. The minimum atomic E-state index is -0.555. The number of carbonyl (C=O) groups is 2. The number of nitrogens with zero attached hydrogens (tertiary/aromatic N) is 2. The van der Waals surface area contributed by atoms with Gasteiger partial charge in [-0.15, -0.1) is 0 Å². The van der Waals surface area contributed by atoms with Crippen molar-refractivity contribution in [2.75, 3.05) is 10.6 Å². The lowest BCUT2D eigenvalue weighted by atomic mass is 10.1. The molecule has 8 nitrogen and oxygen atoms in total. The number of aromatic nitrogens is 2. The van der Waals surface area contributed by atoms with Gasteiger partial charge in [-0.25, -0.2) is 0 Å². The normalized spacial score (nSPS) is 10.4. The lowest BCUT2D eigenvalue weighted by molar-refractivity contribution is 0.102. The van der Waals surface area contributed by atoms with E-state index in [1.54, 1.807) is 38.2 Å². The summed E-state index contributed by atoms with van der Waals surface area (Å²) >= 11 is 5.80. The molecule has 0 aliphatic carbocycles. The molecular weight excluding hydrogens is 394 g/mol. The molecule has 0 aliphatic heterocycles. The predicted octanol–water partition coefficient (Wildman–Crippen LogP) is 3.67. The molecule has 0 radical (unpaired) electrons. The zero-order valence-corrected chi connectivity index (χ0v) is 16.4. The van der Waals surface area contributed by atoms with E-state index in [-0.39, 0.29) is 22.8 Å². The van der Waals surface area contributed by atoms with Gasteiger partial charge in [-0.3, -0.25) is 14.3 Å². The minimum absolute atomic E-state index is 0.127. The molecule has 2 aromatic carbocycles. The second-order valence-electron chi connectivity index (χ2n) is 6.30. The average molecular weight is 412 g/mol. The number of hydrogen-bond donors (Lipinski definition) is 4. The van der Waals surface area contributed by atoms with Crippen LogP contribution in [0.3, 0.4) is 0 Å². The predicted molar refractivity (Wildman–Crippen MR) is 111 cm³/mol. The summed E-state index contributed by atoms with van der Waals surface area (Å²) in [6, 6.07) is 10.9. The standard InChI is InChI=1S/C20H18ClN5O3/c1-11(22)12-3-5-13(6-4-12)19(28)25-18-15(10-23-26(18)2)20(29)24-16-8-7-14(21)9-17(16)27/h3-10,22,27H,1-2H3,(H,24,29)(H,25,28). The molecule has 0 fully saturated rings. The number of aromatic hydroxyl groups is 1. The second-order valence-corrected chi connectivity index (χ2v) is 6.74. The first kappa shape index (κ1) is 20.1. The first-order chi connectivity index (χ1) is 13.8. The zero-order chi connectivity index (χ0) is 21.1. The van der Waals surface area contributed by atoms with Gasteiger partial charge < -0.3 is 21.1 Å². The lowest BCUT2D eigenvalue weighted by Crippen LogP contribution is -2.19. The van der Waals surface area contributed by atoms with E-state index in [2.05, 4.69) is 15.7 Å². The number of aryl methyl sites for hydroxylation is 1. The molecular formula is C20H18ClN5O3. The third kappa shape index (κ3) is 4.44. The van der Waals surface area contributed by atoms with E-state index < -0.39 is 11.8 Å². The van der Waals surface area contributed by atoms with Crippen LogP contribution < -0.4 is 10.6 Å². The lowest BCUT2D eigenvalue weighted by Gasteiger charge is -2.10. The highest BCUT2D eigenvalue weighted by Gasteiger charge is 2.20. The summed E-state index contributed by atoms with van der Waals surface area (Å²) in [7, 11) is 1.59. The Kier molecular flexibility index (Phi) is 5.65. The van der Waals surface area contributed by atoms with Crippen LogP contribution >= 0.6 is 11.6 Å². The molecule has 0 saturated carbocycles. The summed E-state index contributed by atoms with van der Waals surface area (Å²) in [5.74, 6) is -0.956. The van der Waals surface area contributed by atoms with Crippen LogP contribution in [0.4, 0.5) is 11.5 Å². The monoisotopic (exact) mass is 411 g/mol. The Morgan fingerprint density at radius 1 is 1.07 bits per heavy atom. The molecule has 0 spiro atoms. The molecule has 0 atom stereocenters. The van der Waals surface area contributed by atoms with Crippen LogP contribution in [0.25, 0.3) is 0 Å². The zero-order valence-electron chi connectivity index (χ0n) is 15.7. The van der Waals surface area contributed by atoms with Crippen LogP contribution in [0.15, 0.2) is 48.7 Å². The Bertz CT molecular complexity index is 1110. The molecule has 0 saturated heterocycles. The number of amides is 2. The van der Waals surface area contributed by atoms with Crippen LogP contribution in [0.5, 0.6) is 5.75 Å². The number of anilines is 2. The van der Waals surface area contributed by atoms with Gasteiger partial charge in [-0.2, -0.15) is 5.10 Å². The van der Waals surface area contributed by atoms with E-state index in [0.29, 0.717) is 21.9 Å². The smallest absolute Gasteiger partial charge is 0.261 e. The molecule has 9 heteroatoms. The van der Waals surface area contributed by atoms with Crippen molar-refractivity contribution in [2.24, 2.45) is 7.05 Å². The van der Waals surface area contributed by atoms with E-state index in [4.69, 9.17) is 17.0 Å². The quantitative estimate of drug-likeness (QED) is 0.378. The second kappa shape index (κ2) is 8.15. The van der Waals surface area contributed by atoms with Crippen LogP contribution in [-0.2, 0) is 7.05 Å². The van der Waals surface area contributed by atoms with Crippen molar-refractivity contribution >= 4 is 40.6 Å². The van der Waals surface area contributed by atoms with Gasteiger partial charge in [0.25, 0.3) is 11.8 Å². The van der Waals surface area contributed by atoms with Crippen LogP contribution in [0.2, 0.25) is 5.02 Å². The number of nitrogens with one attached hydrogen (secondary N) is 3. The highest BCUT2D eigenvalue weighted by Crippen LogP contribution is 2.27. The fraction of sp³-hybridized carbons (Fsp3) is 0.100. The van der Waals surface area contributed by atoms with E-state index in [0.717, 1.165) is 0 Å². The van der Waals surface area contributed by atoms with Crippen molar-refractivity contribution in [3.05, 3.63) is 70.4 Å². The molecule has 2 amide bonds. The fourth-order valence-electron chi connectivity index (χ4n) is 2.60. The number of carbonyl (C=O) groups excluding carboxylic acids is 2. The molecule has 1 heterocycles. The van der Waals surface area contributed by atoms with Gasteiger partial charge in [0.1, 0.15) is 17.1 Å². The number of phenols is 1. The Morgan fingerprint density at radius 3 is 2.34 bits per heavy atom. The molecule has 4 N–H and O–H groups in total. The first-order valence-corrected chi connectivity index (χ1v) is 8.93. The van der Waals surface area contributed by atoms with Crippen molar-refractivity contribution < 1.29 is 14.7 Å². The Morgan fingerprint density at radius 2 is 1.72 bits per heavy atom. The summed E-state index contributed by atoms with van der Waals surface area (Å²) in [6.07, 6.45) is 1.32. The summed E-state index contributed by atoms with van der Waals surface area (Å²) in [4.78, 5) is 25.2. The Balaban J connectivity index is 1.80. The molecule has 148 valence electrons. The first-order valence-electron chi connectivity index (χ1n) is 8.55. The van der Waals surface area contributed by atoms with Gasteiger partial charge in [0.05, 0.1) is 11.9 Å². The van der Waals surface area contributed by atoms with Gasteiger partial charge in [0.2, 0.25) is 0 Å².